The Morgan fingerprint density at radius 1 is 1.06 bits per heavy atom. The number of amides is 1. The number of hydrogen-bond acceptors (Lipinski definition) is 5. The molecule has 0 radical (unpaired) electrons. The zero-order valence-electron chi connectivity index (χ0n) is 18.7. The Balaban J connectivity index is 1.70. The molecule has 0 saturated carbocycles. The number of anilines is 1. The molecule has 0 saturated heterocycles. The highest BCUT2D eigenvalue weighted by Crippen LogP contribution is 2.40. The van der Waals surface area contributed by atoms with Gasteiger partial charge in [-0.3, -0.25) is 9.69 Å². The topological polar surface area (TPSA) is 60.0 Å². The monoisotopic (exact) mass is 444 g/mol. The molecule has 1 amide bonds. The molecule has 3 rings (SSSR count). The molecule has 0 spiro atoms. The van der Waals surface area contributed by atoms with Crippen LogP contribution < -0.4 is 19.5 Å². The summed E-state index contributed by atoms with van der Waals surface area (Å²) in [7, 11) is 4.88. The fourth-order valence-corrected chi connectivity index (χ4v) is 4.23. The Hall–Kier alpha value is -2.70. The molecule has 0 atom stereocenters. The Bertz CT molecular complexity index is 955. The van der Waals surface area contributed by atoms with Crippen LogP contribution in [0.1, 0.15) is 23.1 Å². The summed E-state index contributed by atoms with van der Waals surface area (Å²) in [5.41, 5.74) is 4.76. The molecule has 0 fully saturated rings. The zero-order chi connectivity index (χ0) is 22.5. The van der Waals surface area contributed by atoms with Gasteiger partial charge in [-0.05, 0) is 43.0 Å². The van der Waals surface area contributed by atoms with Crippen LogP contribution in [0.4, 0.5) is 5.69 Å². The molecule has 6 nitrogen and oxygen atoms in total. The number of nitrogens with zero attached hydrogens (tertiary/aromatic N) is 1. The lowest BCUT2D eigenvalue weighted by atomic mass is 9.97. The third-order valence-corrected chi connectivity index (χ3v) is 5.69. The van der Waals surface area contributed by atoms with Crippen molar-refractivity contribution in [3.8, 4) is 17.2 Å². The molecule has 2 aromatic carbocycles. The average molecular weight is 445 g/mol. The third kappa shape index (κ3) is 5.32. The van der Waals surface area contributed by atoms with Crippen molar-refractivity contribution in [2.75, 3.05) is 46.3 Å². The second-order valence-electron chi connectivity index (χ2n) is 7.61. The van der Waals surface area contributed by atoms with Gasteiger partial charge in [-0.1, -0.05) is 23.7 Å². The second kappa shape index (κ2) is 10.1. The molecule has 7 heteroatoms. The number of hydrogen-bond donors (Lipinski definition) is 1. The van der Waals surface area contributed by atoms with E-state index < -0.39 is 0 Å². The van der Waals surface area contributed by atoms with Gasteiger partial charge in [-0.15, -0.1) is 0 Å². The summed E-state index contributed by atoms with van der Waals surface area (Å²) in [6.45, 7) is 5.62. The van der Waals surface area contributed by atoms with Gasteiger partial charge in [-0.25, -0.2) is 0 Å². The first-order chi connectivity index (χ1) is 14.9. The van der Waals surface area contributed by atoms with Gasteiger partial charge in [0.15, 0.2) is 0 Å². The largest absolute Gasteiger partial charge is 0.496 e. The standard InChI is InChI=1S/C24H29ClN2O4/c1-15-10-16(2)24(19(25)11-15)26-22(28)14-27-8-6-17(7-9-27)23-20(30-4)12-18(29-3)13-21(23)31-5/h6,10-13H,7-9,14H2,1-5H3,(H,26,28). The number of carbonyl (C=O) groups excluding carboxylic acids is 1. The van der Waals surface area contributed by atoms with E-state index in [0.717, 1.165) is 35.2 Å². The summed E-state index contributed by atoms with van der Waals surface area (Å²) in [6, 6.07) is 7.57. The highest BCUT2D eigenvalue weighted by molar-refractivity contribution is 6.34. The van der Waals surface area contributed by atoms with Gasteiger partial charge in [-0.2, -0.15) is 0 Å². The highest BCUT2D eigenvalue weighted by atomic mass is 35.5. The quantitative estimate of drug-likeness (QED) is 0.670. The maximum atomic E-state index is 12.6. The van der Waals surface area contributed by atoms with Crippen molar-refractivity contribution in [1.82, 2.24) is 4.90 Å². The summed E-state index contributed by atoms with van der Waals surface area (Å²) in [6.07, 6.45) is 2.89. The molecule has 1 aliphatic heterocycles. The number of carbonyl (C=O) groups is 1. The van der Waals surface area contributed by atoms with E-state index in [1.165, 1.54) is 0 Å². The van der Waals surface area contributed by atoms with Gasteiger partial charge in [0.2, 0.25) is 5.91 Å². The first-order valence-electron chi connectivity index (χ1n) is 10.1. The number of nitrogens with one attached hydrogen (secondary N) is 1. The minimum Gasteiger partial charge on any atom is -0.496 e. The molecule has 1 heterocycles. The average Bonchev–Trinajstić information content (AvgIpc) is 2.75. The van der Waals surface area contributed by atoms with Gasteiger partial charge in [0.25, 0.3) is 0 Å². The van der Waals surface area contributed by atoms with Crippen molar-refractivity contribution in [3.05, 3.63) is 52.1 Å². The van der Waals surface area contributed by atoms with E-state index in [9.17, 15) is 4.79 Å². The van der Waals surface area contributed by atoms with Gasteiger partial charge in [0, 0.05) is 25.2 Å². The van der Waals surface area contributed by atoms with Gasteiger partial charge < -0.3 is 19.5 Å². The van der Waals surface area contributed by atoms with Crippen LogP contribution >= 0.6 is 11.6 Å². The molecule has 0 bridgehead atoms. The maximum absolute atomic E-state index is 12.6. The van der Waals surface area contributed by atoms with Crippen LogP contribution in [0.25, 0.3) is 5.57 Å². The van der Waals surface area contributed by atoms with Crippen molar-refractivity contribution in [1.29, 1.82) is 0 Å². The summed E-state index contributed by atoms with van der Waals surface area (Å²) >= 11 is 6.32. The molecular weight excluding hydrogens is 416 g/mol. The Morgan fingerprint density at radius 2 is 1.74 bits per heavy atom. The molecule has 1 N–H and O–H groups in total. The lowest BCUT2D eigenvalue weighted by Gasteiger charge is -2.27. The predicted octanol–water partition coefficient (Wildman–Crippen LogP) is 4.71. The van der Waals surface area contributed by atoms with E-state index in [-0.39, 0.29) is 5.91 Å². The SMILES string of the molecule is COc1cc(OC)c(C2=CCN(CC(=O)Nc3c(C)cc(C)cc3Cl)CC2)c(OC)c1. The molecule has 166 valence electrons. The molecule has 31 heavy (non-hydrogen) atoms. The molecular formula is C24H29ClN2O4. The molecule has 1 aliphatic rings. The number of methoxy groups -OCH3 is 3. The van der Waals surface area contributed by atoms with Crippen molar-refractivity contribution in [2.24, 2.45) is 0 Å². The van der Waals surface area contributed by atoms with Crippen molar-refractivity contribution < 1.29 is 19.0 Å². The van der Waals surface area contributed by atoms with Gasteiger partial charge in [0.05, 0.1) is 44.1 Å². The fourth-order valence-electron chi connectivity index (χ4n) is 3.86. The number of aryl methyl sites for hydroxylation is 2. The van der Waals surface area contributed by atoms with Crippen LogP contribution in [0, 0.1) is 13.8 Å². The van der Waals surface area contributed by atoms with Crippen molar-refractivity contribution in [2.45, 2.75) is 20.3 Å². The first kappa shape index (κ1) is 23.0. The first-order valence-corrected chi connectivity index (χ1v) is 10.5. The fraction of sp³-hybridized carbons (Fsp3) is 0.375. The molecule has 0 unspecified atom stereocenters. The van der Waals surface area contributed by atoms with Crippen molar-refractivity contribution >= 4 is 28.8 Å². The third-order valence-electron chi connectivity index (χ3n) is 5.39. The van der Waals surface area contributed by atoms with E-state index in [1.54, 1.807) is 21.3 Å². The lowest BCUT2D eigenvalue weighted by molar-refractivity contribution is -0.117. The van der Waals surface area contributed by atoms with E-state index in [0.29, 0.717) is 41.0 Å². The summed E-state index contributed by atoms with van der Waals surface area (Å²) in [4.78, 5) is 14.7. The Morgan fingerprint density at radius 3 is 2.26 bits per heavy atom. The summed E-state index contributed by atoms with van der Waals surface area (Å²) < 4.78 is 16.5. The van der Waals surface area contributed by atoms with Crippen molar-refractivity contribution in [3.63, 3.8) is 0 Å². The Labute approximate surface area is 188 Å². The Kier molecular flexibility index (Phi) is 7.46. The highest BCUT2D eigenvalue weighted by Gasteiger charge is 2.22. The van der Waals surface area contributed by atoms with Gasteiger partial charge >= 0.3 is 0 Å². The number of halogens is 1. The van der Waals surface area contributed by atoms with Crippen LogP contribution in [-0.2, 0) is 4.79 Å². The smallest absolute Gasteiger partial charge is 0.238 e. The number of rotatable bonds is 7. The number of benzene rings is 2. The van der Waals surface area contributed by atoms with Crippen LogP contribution in [0.15, 0.2) is 30.3 Å². The molecule has 2 aromatic rings. The van der Waals surface area contributed by atoms with E-state index >= 15 is 0 Å². The number of ether oxygens (including phenoxy) is 3. The van der Waals surface area contributed by atoms with Gasteiger partial charge in [0.1, 0.15) is 17.2 Å². The van der Waals surface area contributed by atoms with Crippen LogP contribution in [0.2, 0.25) is 5.02 Å². The van der Waals surface area contributed by atoms with Crippen LogP contribution in [0.3, 0.4) is 0 Å². The predicted molar refractivity (Wildman–Crippen MR) is 125 cm³/mol. The summed E-state index contributed by atoms with van der Waals surface area (Å²) in [5, 5.41) is 3.52. The maximum Gasteiger partial charge on any atom is 0.238 e. The minimum absolute atomic E-state index is 0.0784. The molecule has 0 aliphatic carbocycles. The lowest BCUT2D eigenvalue weighted by Crippen LogP contribution is -2.36. The molecule has 0 aromatic heterocycles. The van der Waals surface area contributed by atoms with E-state index in [4.69, 9.17) is 25.8 Å². The zero-order valence-corrected chi connectivity index (χ0v) is 19.4. The van der Waals surface area contributed by atoms with E-state index in [2.05, 4.69) is 16.3 Å². The van der Waals surface area contributed by atoms with Crippen LogP contribution in [-0.4, -0.2) is 51.8 Å². The summed E-state index contributed by atoms with van der Waals surface area (Å²) in [5.74, 6) is 2.01. The second-order valence-corrected chi connectivity index (χ2v) is 8.02. The van der Waals surface area contributed by atoms with E-state index in [1.807, 2.05) is 38.1 Å². The minimum atomic E-state index is -0.0784. The van der Waals surface area contributed by atoms with Crippen LogP contribution in [0.5, 0.6) is 17.2 Å². The normalized spacial score (nSPS) is 14.1.